The SMILES string of the molecule is O=C(Nc1nccs1)C1CCN(C(=O)C2c3ccccc3Oc3ccccc32)CC1. The van der Waals surface area contributed by atoms with Crippen LogP contribution in [-0.2, 0) is 9.59 Å². The first-order valence-electron chi connectivity index (χ1n) is 10.1. The molecular weight excluding hydrogens is 398 g/mol. The number of nitrogens with zero attached hydrogens (tertiary/aromatic N) is 2. The number of aromatic nitrogens is 1. The van der Waals surface area contributed by atoms with Crippen molar-refractivity contribution < 1.29 is 14.3 Å². The van der Waals surface area contributed by atoms with Crippen LogP contribution < -0.4 is 10.1 Å². The minimum absolute atomic E-state index is 0.0150. The predicted octanol–water partition coefficient (Wildman–Crippen LogP) is 4.26. The number of para-hydroxylation sites is 2. The van der Waals surface area contributed by atoms with E-state index in [2.05, 4.69) is 10.3 Å². The largest absolute Gasteiger partial charge is 0.457 e. The summed E-state index contributed by atoms with van der Waals surface area (Å²) in [6, 6.07) is 15.4. The Labute approximate surface area is 178 Å². The third-order valence-electron chi connectivity index (χ3n) is 5.77. The average Bonchev–Trinajstić information content (AvgIpc) is 3.30. The number of hydrogen-bond donors (Lipinski definition) is 1. The van der Waals surface area contributed by atoms with E-state index in [4.69, 9.17) is 4.74 Å². The Hall–Kier alpha value is -3.19. The highest BCUT2D eigenvalue weighted by molar-refractivity contribution is 7.13. The molecule has 7 heteroatoms. The van der Waals surface area contributed by atoms with Crippen molar-refractivity contribution in [3.8, 4) is 11.5 Å². The van der Waals surface area contributed by atoms with Crippen molar-refractivity contribution in [3.63, 3.8) is 0 Å². The average molecular weight is 420 g/mol. The normalized spacial score (nSPS) is 16.3. The number of ether oxygens (including phenoxy) is 1. The van der Waals surface area contributed by atoms with Crippen molar-refractivity contribution >= 4 is 28.3 Å². The fourth-order valence-corrected chi connectivity index (χ4v) is 4.75. The van der Waals surface area contributed by atoms with E-state index in [1.807, 2.05) is 58.8 Å². The molecule has 5 rings (SSSR count). The molecular formula is C23H21N3O3S. The number of piperidine rings is 1. The summed E-state index contributed by atoms with van der Waals surface area (Å²) < 4.78 is 6.02. The molecule has 1 aromatic heterocycles. The van der Waals surface area contributed by atoms with Gasteiger partial charge in [0.2, 0.25) is 11.8 Å². The van der Waals surface area contributed by atoms with E-state index in [0.29, 0.717) is 31.1 Å². The zero-order valence-electron chi connectivity index (χ0n) is 16.3. The molecule has 30 heavy (non-hydrogen) atoms. The minimum atomic E-state index is -0.383. The van der Waals surface area contributed by atoms with Gasteiger partial charge in [-0.25, -0.2) is 4.98 Å². The van der Waals surface area contributed by atoms with Crippen LogP contribution in [0, 0.1) is 5.92 Å². The number of rotatable bonds is 3. The maximum Gasteiger partial charge on any atom is 0.234 e. The van der Waals surface area contributed by atoms with Gasteiger partial charge in [0.15, 0.2) is 5.13 Å². The van der Waals surface area contributed by atoms with Gasteiger partial charge in [-0.15, -0.1) is 11.3 Å². The zero-order chi connectivity index (χ0) is 20.5. The van der Waals surface area contributed by atoms with Crippen LogP contribution >= 0.6 is 11.3 Å². The molecule has 0 atom stereocenters. The van der Waals surface area contributed by atoms with Crippen LogP contribution in [0.5, 0.6) is 11.5 Å². The third-order valence-corrected chi connectivity index (χ3v) is 6.46. The van der Waals surface area contributed by atoms with Gasteiger partial charge in [0.25, 0.3) is 0 Å². The molecule has 0 saturated carbocycles. The second kappa shape index (κ2) is 7.91. The first kappa shape index (κ1) is 18.8. The van der Waals surface area contributed by atoms with Gasteiger partial charge >= 0.3 is 0 Å². The number of likely N-dealkylation sites (tertiary alicyclic amines) is 1. The molecule has 0 aliphatic carbocycles. The number of amides is 2. The van der Waals surface area contributed by atoms with Crippen LogP contribution in [0.25, 0.3) is 0 Å². The highest BCUT2D eigenvalue weighted by atomic mass is 32.1. The molecule has 0 radical (unpaired) electrons. The number of carbonyl (C=O) groups excluding carboxylic acids is 2. The Balaban J connectivity index is 1.32. The summed E-state index contributed by atoms with van der Waals surface area (Å²) in [6.45, 7) is 1.13. The monoisotopic (exact) mass is 419 g/mol. The van der Waals surface area contributed by atoms with Crippen LogP contribution in [0.1, 0.15) is 29.9 Å². The Morgan fingerprint density at radius 3 is 2.23 bits per heavy atom. The molecule has 2 aliphatic heterocycles. The van der Waals surface area contributed by atoms with Crippen LogP contribution in [0.3, 0.4) is 0 Å². The molecule has 0 unspecified atom stereocenters. The Kier molecular flexibility index (Phi) is 4.96. The van der Waals surface area contributed by atoms with E-state index >= 15 is 0 Å². The summed E-state index contributed by atoms with van der Waals surface area (Å²) in [5.41, 5.74) is 1.79. The molecule has 0 spiro atoms. The zero-order valence-corrected chi connectivity index (χ0v) is 17.1. The number of fused-ring (bicyclic) bond motifs is 2. The van der Waals surface area contributed by atoms with Gasteiger partial charge in [-0.3, -0.25) is 9.59 Å². The summed E-state index contributed by atoms with van der Waals surface area (Å²) in [5.74, 6) is 1.02. The van der Waals surface area contributed by atoms with Crippen LogP contribution in [0.4, 0.5) is 5.13 Å². The second-order valence-electron chi connectivity index (χ2n) is 7.54. The lowest BCUT2D eigenvalue weighted by atomic mass is 9.86. The van der Waals surface area contributed by atoms with Crippen LogP contribution in [0.2, 0.25) is 0 Å². The Morgan fingerprint density at radius 2 is 1.63 bits per heavy atom. The number of carbonyl (C=O) groups is 2. The van der Waals surface area contributed by atoms with E-state index < -0.39 is 0 Å². The smallest absolute Gasteiger partial charge is 0.234 e. The van der Waals surface area contributed by atoms with E-state index in [1.54, 1.807) is 6.20 Å². The van der Waals surface area contributed by atoms with Crippen molar-refractivity contribution in [3.05, 3.63) is 71.2 Å². The predicted molar refractivity (Wildman–Crippen MR) is 115 cm³/mol. The molecule has 3 heterocycles. The summed E-state index contributed by atoms with van der Waals surface area (Å²) in [5, 5.41) is 5.33. The van der Waals surface area contributed by atoms with Crippen molar-refractivity contribution in [2.75, 3.05) is 18.4 Å². The summed E-state index contributed by atoms with van der Waals surface area (Å²) >= 11 is 1.41. The topological polar surface area (TPSA) is 71.5 Å². The number of hydrogen-bond acceptors (Lipinski definition) is 5. The van der Waals surface area contributed by atoms with E-state index in [1.165, 1.54) is 11.3 Å². The molecule has 3 aromatic rings. The highest BCUT2D eigenvalue weighted by Gasteiger charge is 2.37. The van der Waals surface area contributed by atoms with E-state index in [0.717, 1.165) is 22.6 Å². The Bertz CT molecular complexity index is 1030. The molecule has 2 amide bonds. The molecule has 1 N–H and O–H groups in total. The lowest BCUT2D eigenvalue weighted by Crippen LogP contribution is -2.44. The number of benzene rings is 2. The molecule has 1 fully saturated rings. The molecule has 6 nitrogen and oxygen atoms in total. The quantitative estimate of drug-likeness (QED) is 0.689. The van der Waals surface area contributed by atoms with Gasteiger partial charge in [0.1, 0.15) is 11.5 Å². The highest BCUT2D eigenvalue weighted by Crippen LogP contribution is 2.44. The fraction of sp³-hybridized carbons (Fsp3) is 0.261. The molecule has 2 aliphatic rings. The fourth-order valence-electron chi connectivity index (χ4n) is 4.21. The molecule has 2 aromatic carbocycles. The maximum absolute atomic E-state index is 13.6. The molecule has 152 valence electrons. The Morgan fingerprint density at radius 1 is 1.00 bits per heavy atom. The van der Waals surface area contributed by atoms with Crippen molar-refractivity contribution in [1.29, 1.82) is 0 Å². The summed E-state index contributed by atoms with van der Waals surface area (Å²) in [6.07, 6.45) is 2.97. The number of thiazole rings is 1. The van der Waals surface area contributed by atoms with Gasteiger partial charge in [0.05, 0.1) is 5.92 Å². The lowest BCUT2D eigenvalue weighted by molar-refractivity contribution is -0.135. The van der Waals surface area contributed by atoms with E-state index in [-0.39, 0.29) is 23.7 Å². The van der Waals surface area contributed by atoms with Gasteiger partial charge in [-0.2, -0.15) is 0 Å². The van der Waals surface area contributed by atoms with Gasteiger partial charge in [0, 0.05) is 41.7 Å². The molecule has 0 bridgehead atoms. The third kappa shape index (κ3) is 3.45. The first-order valence-corrected chi connectivity index (χ1v) is 10.9. The number of anilines is 1. The van der Waals surface area contributed by atoms with Crippen LogP contribution in [0.15, 0.2) is 60.1 Å². The summed E-state index contributed by atoms with van der Waals surface area (Å²) in [7, 11) is 0. The second-order valence-corrected chi connectivity index (χ2v) is 8.43. The maximum atomic E-state index is 13.6. The van der Waals surface area contributed by atoms with Gasteiger partial charge in [-0.1, -0.05) is 36.4 Å². The number of nitrogens with one attached hydrogen (secondary N) is 1. The van der Waals surface area contributed by atoms with Gasteiger partial charge in [-0.05, 0) is 25.0 Å². The first-order chi connectivity index (χ1) is 14.7. The van der Waals surface area contributed by atoms with Gasteiger partial charge < -0.3 is 15.0 Å². The van der Waals surface area contributed by atoms with E-state index in [9.17, 15) is 9.59 Å². The van der Waals surface area contributed by atoms with Crippen molar-refractivity contribution in [2.24, 2.45) is 5.92 Å². The van der Waals surface area contributed by atoms with Crippen molar-refractivity contribution in [2.45, 2.75) is 18.8 Å². The molecule has 1 saturated heterocycles. The standard InChI is InChI=1S/C23H21N3O3S/c27-21(25-23-24-11-14-30-23)15-9-12-26(13-10-15)22(28)20-16-5-1-3-7-18(16)29-19-8-4-2-6-17(19)20/h1-8,11,14-15,20H,9-10,12-13H2,(H,24,25,27). The van der Waals surface area contributed by atoms with Crippen LogP contribution in [-0.4, -0.2) is 34.8 Å². The van der Waals surface area contributed by atoms with Crippen molar-refractivity contribution in [1.82, 2.24) is 9.88 Å². The summed E-state index contributed by atoms with van der Waals surface area (Å²) in [4.78, 5) is 32.1. The lowest BCUT2D eigenvalue weighted by Gasteiger charge is -2.35. The minimum Gasteiger partial charge on any atom is -0.457 e.